The second kappa shape index (κ2) is 8.08. The summed E-state index contributed by atoms with van der Waals surface area (Å²) in [6, 6.07) is 6.28. The van der Waals surface area contributed by atoms with Crippen molar-refractivity contribution in [2.45, 2.75) is 31.9 Å². The fourth-order valence-corrected chi connectivity index (χ4v) is 3.56. The summed E-state index contributed by atoms with van der Waals surface area (Å²) in [5, 5.41) is 9.84. The number of likely N-dealkylation sites (tertiary alicyclic amines) is 1. The number of pyridine rings is 1. The number of alkyl halides is 3. The van der Waals surface area contributed by atoms with Gasteiger partial charge in [0.1, 0.15) is 5.75 Å². The number of aromatic hydroxyl groups is 1. The van der Waals surface area contributed by atoms with Crippen LogP contribution in [0.4, 0.5) is 13.2 Å². The van der Waals surface area contributed by atoms with Crippen LogP contribution in [-0.4, -0.2) is 34.0 Å². The van der Waals surface area contributed by atoms with Crippen molar-refractivity contribution >= 4 is 5.91 Å². The number of aromatic amines is 1. The zero-order chi connectivity index (χ0) is 20.3. The van der Waals surface area contributed by atoms with Gasteiger partial charge in [0.05, 0.1) is 11.1 Å². The fraction of sp³-hybridized carbons (Fsp3) is 0.400. The van der Waals surface area contributed by atoms with E-state index in [1.807, 2.05) is 0 Å². The van der Waals surface area contributed by atoms with Crippen LogP contribution in [0.2, 0.25) is 0 Å². The van der Waals surface area contributed by atoms with Crippen LogP contribution in [0.3, 0.4) is 0 Å². The van der Waals surface area contributed by atoms with Crippen molar-refractivity contribution in [3.05, 3.63) is 63.6 Å². The first-order valence-electron chi connectivity index (χ1n) is 9.11. The summed E-state index contributed by atoms with van der Waals surface area (Å²) in [6.07, 6.45) is -0.318. The molecule has 1 fully saturated rings. The number of benzene rings is 1. The number of nitrogens with one attached hydrogen (secondary N) is 1. The van der Waals surface area contributed by atoms with Gasteiger partial charge in [-0.25, -0.2) is 0 Å². The first kappa shape index (κ1) is 20.0. The molecule has 0 saturated carbocycles. The largest absolute Gasteiger partial charge is 0.507 e. The standard InChI is InChI=1S/C20H21F3N2O3/c21-20(22,23)15-5-1-3-13(9-15)6-7-14-4-2-8-25(12-14)19(28)16-11-24-18(27)10-17(16)26/h1,3,5,9-11,14H,2,4,6-8,12H2,(H2,24,26,27)/t14-/m1/s1. The molecule has 2 heterocycles. The molecule has 0 spiro atoms. The monoisotopic (exact) mass is 394 g/mol. The van der Waals surface area contributed by atoms with E-state index < -0.39 is 17.3 Å². The Labute approximate surface area is 159 Å². The molecule has 0 unspecified atom stereocenters. The average Bonchev–Trinajstić information content (AvgIpc) is 2.66. The molecule has 8 heteroatoms. The van der Waals surface area contributed by atoms with E-state index in [4.69, 9.17) is 0 Å². The van der Waals surface area contributed by atoms with Crippen molar-refractivity contribution < 1.29 is 23.1 Å². The number of aryl methyl sites for hydroxylation is 1. The highest BCUT2D eigenvalue weighted by Gasteiger charge is 2.30. The molecule has 1 aromatic carbocycles. The van der Waals surface area contributed by atoms with Crippen molar-refractivity contribution in [1.82, 2.24) is 9.88 Å². The SMILES string of the molecule is O=C(c1c[nH]c(=O)cc1O)N1CCC[C@H](CCc2cccc(C(F)(F)F)c2)C1. The minimum absolute atomic E-state index is 0.0399. The van der Waals surface area contributed by atoms with Gasteiger partial charge >= 0.3 is 6.18 Å². The molecule has 1 amide bonds. The van der Waals surface area contributed by atoms with E-state index in [2.05, 4.69) is 4.98 Å². The molecule has 1 aliphatic heterocycles. The Balaban J connectivity index is 1.62. The molecule has 1 aliphatic rings. The second-order valence-electron chi connectivity index (χ2n) is 7.09. The van der Waals surface area contributed by atoms with E-state index in [1.165, 1.54) is 18.3 Å². The topological polar surface area (TPSA) is 73.4 Å². The zero-order valence-electron chi connectivity index (χ0n) is 15.1. The number of carbonyl (C=O) groups is 1. The summed E-state index contributed by atoms with van der Waals surface area (Å²) in [5.74, 6) is -0.561. The molecular formula is C20H21F3N2O3. The van der Waals surface area contributed by atoms with Gasteiger partial charge in [0.25, 0.3) is 11.5 Å². The van der Waals surface area contributed by atoms with Crippen LogP contribution in [0.25, 0.3) is 0 Å². The van der Waals surface area contributed by atoms with Gasteiger partial charge in [-0.1, -0.05) is 18.2 Å². The number of rotatable bonds is 4. The number of halogens is 3. The number of aromatic nitrogens is 1. The molecule has 0 bridgehead atoms. The molecule has 1 atom stereocenters. The number of piperidine rings is 1. The molecular weight excluding hydrogens is 373 g/mol. The Morgan fingerprint density at radius 1 is 1.29 bits per heavy atom. The predicted molar refractivity (Wildman–Crippen MR) is 97.1 cm³/mol. The van der Waals surface area contributed by atoms with Crippen molar-refractivity contribution in [2.75, 3.05) is 13.1 Å². The Hall–Kier alpha value is -2.77. The third-order valence-corrected chi connectivity index (χ3v) is 5.03. The summed E-state index contributed by atoms with van der Waals surface area (Å²) in [6.45, 7) is 1.01. The van der Waals surface area contributed by atoms with Crippen LogP contribution in [-0.2, 0) is 12.6 Å². The van der Waals surface area contributed by atoms with Crippen LogP contribution in [0.1, 0.15) is 40.7 Å². The molecule has 3 rings (SSSR count). The predicted octanol–water partition coefficient (Wildman–Crippen LogP) is 3.58. The number of amides is 1. The number of H-pyrrole nitrogens is 1. The number of nitrogens with zero attached hydrogens (tertiary/aromatic N) is 1. The van der Waals surface area contributed by atoms with Gasteiger partial charge in [0.15, 0.2) is 0 Å². The zero-order valence-corrected chi connectivity index (χ0v) is 15.1. The summed E-state index contributed by atoms with van der Waals surface area (Å²) in [5.41, 5.74) is -0.486. The van der Waals surface area contributed by atoms with E-state index in [1.54, 1.807) is 11.0 Å². The lowest BCUT2D eigenvalue weighted by molar-refractivity contribution is -0.137. The van der Waals surface area contributed by atoms with E-state index in [0.717, 1.165) is 25.0 Å². The van der Waals surface area contributed by atoms with Crippen molar-refractivity contribution in [1.29, 1.82) is 0 Å². The average molecular weight is 394 g/mol. The summed E-state index contributed by atoms with van der Waals surface area (Å²) >= 11 is 0. The van der Waals surface area contributed by atoms with Gasteiger partial charge in [0, 0.05) is 25.4 Å². The molecule has 150 valence electrons. The minimum atomic E-state index is -4.36. The molecule has 1 saturated heterocycles. The van der Waals surface area contributed by atoms with Crippen LogP contribution < -0.4 is 5.56 Å². The molecule has 2 aromatic rings. The highest BCUT2D eigenvalue weighted by molar-refractivity contribution is 5.96. The fourth-order valence-electron chi connectivity index (χ4n) is 3.56. The Bertz CT molecular complexity index is 908. The van der Waals surface area contributed by atoms with Gasteiger partial charge in [-0.05, 0) is 43.2 Å². The minimum Gasteiger partial charge on any atom is -0.507 e. The van der Waals surface area contributed by atoms with Crippen molar-refractivity contribution in [3.8, 4) is 5.75 Å². The highest BCUT2D eigenvalue weighted by Crippen LogP contribution is 2.30. The van der Waals surface area contributed by atoms with E-state index in [-0.39, 0.29) is 23.1 Å². The van der Waals surface area contributed by atoms with Gasteiger partial charge in [0.2, 0.25) is 0 Å². The van der Waals surface area contributed by atoms with Crippen molar-refractivity contribution in [2.24, 2.45) is 5.92 Å². The summed E-state index contributed by atoms with van der Waals surface area (Å²) in [4.78, 5) is 27.8. The molecule has 1 aromatic heterocycles. The Morgan fingerprint density at radius 3 is 2.79 bits per heavy atom. The Morgan fingerprint density at radius 2 is 2.07 bits per heavy atom. The van der Waals surface area contributed by atoms with Crippen LogP contribution in [0, 0.1) is 5.92 Å². The number of hydrogen-bond donors (Lipinski definition) is 2. The lowest BCUT2D eigenvalue weighted by atomic mass is 9.91. The van der Waals surface area contributed by atoms with Gasteiger partial charge in [-0.15, -0.1) is 0 Å². The third kappa shape index (κ3) is 4.74. The lowest BCUT2D eigenvalue weighted by Gasteiger charge is -2.33. The van der Waals surface area contributed by atoms with Crippen LogP contribution in [0.15, 0.2) is 41.3 Å². The highest BCUT2D eigenvalue weighted by atomic mass is 19.4. The van der Waals surface area contributed by atoms with E-state index >= 15 is 0 Å². The molecule has 2 N–H and O–H groups in total. The van der Waals surface area contributed by atoms with Crippen molar-refractivity contribution in [3.63, 3.8) is 0 Å². The van der Waals surface area contributed by atoms with E-state index in [9.17, 15) is 27.9 Å². The normalized spacial score (nSPS) is 17.5. The first-order valence-corrected chi connectivity index (χ1v) is 9.11. The van der Waals surface area contributed by atoms with Crippen LogP contribution >= 0.6 is 0 Å². The number of hydrogen-bond acceptors (Lipinski definition) is 3. The Kier molecular flexibility index (Phi) is 5.76. The summed E-state index contributed by atoms with van der Waals surface area (Å²) < 4.78 is 38.5. The third-order valence-electron chi connectivity index (χ3n) is 5.03. The molecule has 0 aliphatic carbocycles. The quantitative estimate of drug-likeness (QED) is 0.833. The smallest absolute Gasteiger partial charge is 0.416 e. The maximum absolute atomic E-state index is 12.8. The second-order valence-corrected chi connectivity index (χ2v) is 7.09. The molecule has 5 nitrogen and oxygen atoms in total. The maximum atomic E-state index is 12.8. The molecule has 0 radical (unpaired) electrons. The first-order chi connectivity index (χ1) is 13.2. The van der Waals surface area contributed by atoms with Gasteiger partial charge in [-0.2, -0.15) is 13.2 Å². The van der Waals surface area contributed by atoms with Gasteiger partial charge < -0.3 is 15.0 Å². The van der Waals surface area contributed by atoms with Crippen LogP contribution in [0.5, 0.6) is 5.75 Å². The number of carbonyl (C=O) groups excluding carboxylic acids is 1. The molecule has 28 heavy (non-hydrogen) atoms. The van der Waals surface area contributed by atoms with Gasteiger partial charge in [-0.3, -0.25) is 9.59 Å². The lowest BCUT2D eigenvalue weighted by Crippen LogP contribution is -2.40. The maximum Gasteiger partial charge on any atom is 0.416 e. The summed E-state index contributed by atoms with van der Waals surface area (Å²) in [7, 11) is 0. The van der Waals surface area contributed by atoms with E-state index in [0.29, 0.717) is 31.5 Å².